The molecule has 0 spiro atoms. The van der Waals surface area contributed by atoms with Gasteiger partial charge in [0.25, 0.3) is 0 Å². The maximum atomic E-state index is 9.96. The molecule has 146 valence electrons. The molecule has 0 saturated carbocycles. The summed E-state index contributed by atoms with van der Waals surface area (Å²) in [6.45, 7) is 6.57. The van der Waals surface area contributed by atoms with Gasteiger partial charge in [0.15, 0.2) is 11.5 Å². The summed E-state index contributed by atoms with van der Waals surface area (Å²) in [5.41, 5.74) is 4.03. The van der Waals surface area contributed by atoms with Crippen LogP contribution in [0.25, 0.3) is 6.08 Å². The predicted octanol–water partition coefficient (Wildman–Crippen LogP) is 4.20. The van der Waals surface area contributed by atoms with E-state index in [0.717, 1.165) is 33.1 Å². The maximum absolute atomic E-state index is 9.96. The van der Waals surface area contributed by atoms with Crippen molar-refractivity contribution in [1.82, 2.24) is 0 Å². The summed E-state index contributed by atoms with van der Waals surface area (Å²) < 4.78 is 16.9. The normalized spacial score (nSPS) is 17.7. The van der Waals surface area contributed by atoms with Gasteiger partial charge in [0.05, 0.1) is 23.4 Å². The summed E-state index contributed by atoms with van der Waals surface area (Å²) in [5.74, 6) is 0.615. The minimum absolute atomic E-state index is 0.156. The van der Waals surface area contributed by atoms with E-state index < -0.39 is 7.12 Å². The van der Waals surface area contributed by atoms with Crippen molar-refractivity contribution in [2.24, 2.45) is 0 Å². The molecule has 27 heavy (non-hydrogen) atoms. The van der Waals surface area contributed by atoms with Gasteiger partial charge in [-0.2, -0.15) is 0 Å². The van der Waals surface area contributed by atoms with E-state index in [-0.39, 0.29) is 11.9 Å². The van der Waals surface area contributed by atoms with Crippen LogP contribution in [0.5, 0.6) is 11.5 Å². The Labute approximate surface area is 175 Å². The molecule has 1 aliphatic heterocycles. The van der Waals surface area contributed by atoms with E-state index in [4.69, 9.17) is 14.1 Å². The van der Waals surface area contributed by atoms with Crippen LogP contribution in [-0.2, 0) is 9.39 Å². The molecule has 1 aromatic carbocycles. The Kier molecular flexibility index (Phi) is 8.41. The van der Waals surface area contributed by atoms with E-state index >= 15 is 0 Å². The van der Waals surface area contributed by atoms with E-state index in [1.807, 2.05) is 18.2 Å². The number of phenols is 1. The largest absolute Gasteiger partial charge is 0.504 e. The van der Waals surface area contributed by atoms with Crippen molar-refractivity contribution in [3.8, 4) is 11.5 Å². The zero-order chi connectivity index (χ0) is 20.0. The Bertz CT molecular complexity index is 744. The molecule has 0 aromatic heterocycles. The van der Waals surface area contributed by atoms with Gasteiger partial charge in [-0.25, -0.2) is 0 Å². The summed E-state index contributed by atoms with van der Waals surface area (Å²) in [4.78, 5) is 0. The van der Waals surface area contributed by atoms with Crippen molar-refractivity contribution in [3.63, 3.8) is 0 Å². The van der Waals surface area contributed by atoms with Crippen LogP contribution < -0.4 is 4.74 Å². The first-order valence-corrected chi connectivity index (χ1v) is 9.88. The molecule has 2 N–H and O–H groups in total. The second-order valence-electron chi connectivity index (χ2n) is 6.59. The zero-order valence-electron chi connectivity index (χ0n) is 16.0. The summed E-state index contributed by atoms with van der Waals surface area (Å²) in [7, 11) is 2.40. The maximum Gasteiger partial charge on any atom is 0.458 e. The highest BCUT2D eigenvalue weighted by Crippen LogP contribution is 2.33. The first kappa shape index (κ1) is 22.0. The highest BCUT2D eigenvalue weighted by atomic mass is 127. The number of aromatic hydroxyl groups is 1. The van der Waals surface area contributed by atoms with Crippen LogP contribution in [0.4, 0.5) is 0 Å². The molecule has 0 radical (unpaired) electrons. The van der Waals surface area contributed by atoms with Gasteiger partial charge in [0.1, 0.15) is 0 Å². The lowest BCUT2D eigenvalue weighted by Gasteiger charge is -2.28. The summed E-state index contributed by atoms with van der Waals surface area (Å²) in [6, 6.07) is 3.72. The molecule has 1 unspecified atom stereocenters. The summed E-state index contributed by atoms with van der Waals surface area (Å²) in [6.07, 6.45) is 5.86. The van der Waals surface area contributed by atoms with Crippen molar-refractivity contribution in [2.75, 3.05) is 20.8 Å². The number of methoxy groups -OCH3 is 2. The minimum atomic E-state index is -0.777. The summed E-state index contributed by atoms with van der Waals surface area (Å²) >= 11 is 2.09. The fraction of sp³-hybridized carbons (Fsp3) is 0.400. The van der Waals surface area contributed by atoms with Crippen LogP contribution in [0.1, 0.15) is 25.3 Å². The molecule has 2 rings (SSSR count). The molecule has 0 bridgehead atoms. The standard InChI is InChI=1S/C20H26BIO5/c1-13(9-15-10-17(22)20(23)19(11-15)26-4)5-6-18-16(14(2)12-25-3)7-8-21(24)27-18/h7,9-11,18,23-24H,2,5-6,8,12H2,1,3-4H3/b13-9+. The van der Waals surface area contributed by atoms with Gasteiger partial charge in [0.2, 0.25) is 0 Å². The fourth-order valence-electron chi connectivity index (χ4n) is 3.08. The van der Waals surface area contributed by atoms with Crippen molar-refractivity contribution in [2.45, 2.75) is 32.2 Å². The van der Waals surface area contributed by atoms with Crippen molar-refractivity contribution < 1.29 is 24.3 Å². The monoisotopic (exact) mass is 484 g/mol. The molecule has 1 aromatic rings. The lowest BCUT2D eigenvalue weighted by atomic mass is 9.78. The Morgan fingerprint density at radius 3 is 2.85 bits per heavy atom. The van der Waals surface area contributed by atoms with E-state index in [1.165, 1.54) is 12.7 Å². The van der Waals surface area contributed by atoms with E-state index in [0.29, 0.717) is 18.7 Å². The minimum Gasteiger partial charge on any atom is -0.504 e. The SMILES string of the molecule is C=C(COC)C1=CCB(O)OC1CC/C(C)=C/c1cc(I)c(O)c(OC)c1. The number of phenolic OH excluding ortho intramolecular Hbond substituents is 1. The van der Waals surface area contributed by atoms with Gasteiger partial charge in [-0.15, -0.1) is 0 Å². The van der Waals surface area contributed by atoms with Gasteiger partial charge in [-0.05, 0) is 71.2 Å². The second-order valence-corrected chi connectivity index (χ2v) is 7.76. The number of ether oxygens (including phenoxy) is 2. The van der Waals surface area contributed by atoms with Crippen LogP contribution in [0.3, 0.4) is 0 Å². The average Bonchev–Trinajstić information content (AvgIpc) is 2.63. The molecule has 1 heterocycles. The molecule has 1 aliphatic rings. The molecular formula is C20H26BIO5. The third kappa shape index (κ3) is 6.10. The van der Waals surface area contributed by atoms with Gasteiger partial charge < -0.3 is 24.3 Å². The van der Waals surface area contributed by atoms with Crippen molar-refractivity contribution >= 4 is 35.8 Å². The van der Waals surface area contributed by atoms with Gasteiger partial charge in [0, 0.05) is 13.4 Å². The lowest BCUT2D eigenvalue weighted by molar-refractivity contribution is 0.176. The van der Waals surface area contributed by atoms with E-state index in [1.54, 1.807) is 7.11 Å². The van der Waals surface area contributed by atoms with Crippen LogP contribution >= 0.6 is 22.6 Å². The molecule has 7 heteroatoms. The zero-order valence-corrected chi connectivity index (χ0v) is 18.2. The average molecular weight is 484 g/mol. The van der Waals surface area contributed by atoms with Crippen molar-refractivity contribution in [1.29, 1.82) is 0 Å². The molecule has 0 amide bonds. The first-order valence-electron chi connectivity index (χ1n) is 8.80. The smallest absolute Gasteiger partial charge is 0.458 e. The molecule has 0 aliphatic carbocycles. The number of benzene rings is 1. The van der Waals surface area contributed by atoms with Crippen LogP contribution in [-0.4, -0.2) is 44.2 Å². The Morgan fingerprint density at radius 2 is 2.19 bits per heavy atom. The molecular weight excluding hydrogens is 458 g/mol. The molecule has 1 atom stereocenters. The Hall–Kier alpha value is -1.29. The molecule has 0 saturated heterocycles. The third-order valence-electron chi connectivity index (χ3n) is 4.42. The number of rotatable bonds is 8. The van der Waals surface area contributed by atoms with Crippen LogP contribution in [0.15, 0.2) is 41.5 Å². The van der Waals surface area contributed by atoms with E-state index in [2.05, 4.69) is 42.2 Å². The third-order valence-corrected chi connectivity index (χ3v) is 5.24. The van der Waals surface area contributed by atoms with Crippen molar-refractivity contribution in [3.05, 3.63) is 50.6 Å². The van der Waals surface area contributed by atoms with Gasteiger partial charge in [-0.1, -0.05) is 24.3 Å². The Morgan fingerprint density at radius 1 is 1.44 bits per heavy atom. The highest BCUT2D eigenvalue weighted by Gasteiger charge is 2.28. The molecule has 0 fully saturated rings. The van der Waals surface area contributed by atoms with Crippen LogP contribution in [0.2, 0.25) is 6.32 Å². The topological polar surface area (TPSA) is 68.2 Å². The number of allylic oxidation sites excluding steroid dienone is 2. The quantitative estimate of drug-likeness (QED) is 0.428. The van der Waals surface area contributed by atoms with E-state index in [9.17, 15) is 10.1 Å². The Balaban J connectivity index is 2.09. The van der Waals surface area contributed by atoms with Gasteiger partial charge >= 0.3 is 7.12 Å². The van der Waals surface area contributed by atoms with Gasteiger partial charge in [-0.3, -0.25) is 0 Å². The predicted molar refractivity (Wildman–Crippen MR) is 117 cm³/mol. The number of halogens is 1. The number of hydrogen-bond acceptors (Lipinski definition) is 5. The molecule has 5 nitrogen and oxygen atoms in total. The highest BCUT2D eigenvalue weighted by molar-refractivity contribution is 14.1. The van der Waals surface area contributed by atoms with Crippen LogP contribution in [0, 0.1) is 3.57 Å². The first-order chi connectivity index (χ1) is 12.8. The number of hydrogen-bond donors (Lipinski definition) is 2. The lowest BCUT2D eigenvalue weighted by Crippen LogP contribution is -2.32. The second kappa shape index (κ2) is 10.3. The fourth-order valence-corrected chi connectivity index (χ4v) is 3.70. The summed E-state index contributed by atoms with van der Waals surface area (Å²) in [5, 5.41) is 19.8.